The Bertz CT molecular complexity index is 1290. The predicted octanol–water partition coefficient (Wildman–Crippen LogP) is 6.51. The molecule has 2 aromatic carbocycles. The first-order valence-electron chi connectivity index (χ1n) is 11.8. The van der Waals surface area contributed by atoms with E-state index in [0.717, 1.165) is 16.5 Å². The third-order valence-electron chi connectivity index (χ3n) is 7.45. The molecule has 0 radical (unpaired) electrons. The van der Waals surface area contributed by atoms with Crippen LogP contribution in [-0.2, 0) is 0 Å². The molecule has 3 aromatic rings. The Hall–Kier alpha value is -3.18. The first-order valence-corrected chi connectivity index (χ1v) is 12.2. The number of fused-ring (bicyclic) bond motifs is 1. The molecular formula is C29H32N4S. The summed E-state index contributed by atoms with van der Waals surface area (Å²) in [5.74, 6) is 0. The molecule has 0 bridgehead atoms. The number of anilines is 2. The maximum atomic E-state index is 5.91. The minimum absolute atomic E-state index is 0.0113. The normalized spacial score (nSPS) is 21.2. The molecule has 2 aliphatic rings. The molecule has 0 spiro atoms. The Morgan fingerprint density at radius 1 is 0.971 bits per heavy atom. The van der Waals surface area contributed by atoms with Gasteiger partial charge >= 0.3 is 0 Å². The zero-order valence-electron chi connectivity index (χ0n) is 20.8. The van der Waals surface area contributed by atoms with Crippen LogP contribution < -0.4 is 15.1 Å². The van der Waals surface area contributed by atoms with Crippen LogP contribution in [0.4, 0.5) is 11.4 Å². The van der Waals surface area contributed by atoms with Crippen LogP contribution in [0.2, 0.25) is 0 Å². The standard InChI is InChI=1S/C29H32N4S/c1-18-10-12-22(15-19(18)2)33-27(26(31-28(33)34)24-9-7-8-14-30-24)21-11-13-25-23(16-21)20(3)17-29(4,5)32(25)6/h7-17,26-27H,1-6H3,(H,31,34)/t26-,27+/m0/s1. The molecule has 5 heteroatoms. The topological polar surface area (TPSA) is 31.4 Å². The van der Waals surface area contributed by atoms with E-state index in [1.54, 1.807) is 0 Å². The van der Waals surface area contributed by atoms with E-state index >= 15 is 0 Å². The van der Waals surface area contributed by atoms with Gasteiger partial charge in [0.1, 0.15) is 0 Å². The fourth-order valence-electron chi connectivity index (χ4n) is 5.21. The SMILES string of the molecule is CC1=CC(C)(C)N(C)c2ccc([C@@H]3[C@H](c4ccccn4)NC(=S)N3c3ccc(C)c(C)c3)cc21. The number of nitrogens with zero attached hydrogens (tertiary/aromatic N) is 3. The summed E-state index contributed by atoms with van der Waals surface area (Å²) < 4.78 is 0. The molecule has 0 saturated carbocycles. The third-order valence-corrected chi connectivity index (χ3v) is 7.76. The first kappa shape index (κ1) is 22.6. The second-order valence-electron chi connectivity index (χ2n) is 10.1. The summed E-state index contributed by atoms with van der Waals surface area (Å²) in [5.41, 5.74) is 9.68. The summed E-state index contributed by atoms with van der Waals surface area (Å²) in [6.07, 6.45) is 4.21. The van der Waals surface area contributed by atoms with Crippen LogP contribution >= 0.6 is 12.2 Å². The largest absolute Gasteiger partial charge is 0.366 e. The maximum absolute atomic E-state index is 5.91. The van der Waals surface area contributed by atoms with Gasteiger partial charge in [0.05, 0.1) is 23.3 Å². The van der Waals surface area contributed by atoms with Crippen molar-refractivity contribution < 1.29 is 0 Å². The molecule has 0 unspecified atom stereocenters. The number of thiocarbonyl (C=S) groups is 1. The minimum atomic E-state index is -0.0459. The smallest absolute Gasteiger partial charge is 0.174 e. The molecular weight excluding hydrogens is 436 g/mol. The number of benzene rings is 2. The van der Waals surface area contributed by atoms with E-state index in [1.165, 1.54) is 33.5 Å². The van der Waals surface area contributed by atoms with Crippen molar-refractivity contribution in [2.24, 2.45) is 0 Å². The Labute approximate surface area is 208 Å². The van der Waals surface area contributed by atoms with Gasteiger partial charge in [0.15, 0.2) is 5.11 Å². The summed E-state index contributed by atoms with van der Waals surface area (Å²) >= 11 is 5.91. The van der Waals surface area contributed by atoms with Crippen molar-refractivity contribution >= 4 is 34.3 Å². The van der Waals surface area contributed by atoms with Crippen LogP contribution in [0.25, 0.3) is 5.57 Å². The molecule has 3 heterocycles. The number of likely N-dealkylation sites (N-methyl/N-ethyl adjacent to an activating group) is 1. The number of hydrogen-bond donors (Lipinski definition) is 1. The van der Waals surface area contributed by atoms with Crippen LogP contribution in [0.5, 0.6) is 0 Å². The molecule has 2 atom stereocenters. The highest BCUT2D eigenvalue weighted by atomic mass is 32.1. The highest BCUT2D eigenvalue weighted by Gasteiger charge is 2.41. The van der Waals surface area contributed by atoms with E-state index in [2.05, 4.69) is 105 Å². The molecule has 1 saturated heterocycles. The fraction of sp³-hybridized carbons (Fsp3) is 0.310. The van der Waals surface area contributed by atoms with Crippen molar-refractivity contribution in [3.63, 3.8) is 0 Å². The van der Waals surface area contributed by atoms with E-state index in [0.29, 0.717) is 0 Å². The zero-order valence-corrected chi connectivity index (χ0v) is 21.6. The minimum Gasteiger partial charge on any atom is -0.366 e. The molecule has 1 aromatic heterocycles. The highest BCUT2D eigenvalue weighted by molar-refractivity contribution is 7.80. The lowest BCUT2D eigenvalue weighted by Gasteiger charge is -2.41. The molecule has 0 amide bonds. The van der Waals surface area contributed by atoms with Gasteiger partial charge in [-0.05, 0) is 105 Å². The number of rotatable bonds is 3. The summed E-state index contributed by atoms with van der Waals surface area (Å²) in [7, 11) is 2.17. The number of pyridine rings is 1. The van der Waals surface area contributed by atoms with Gasteiger partial charge in [0.25, 0.3) is 0 Å². The van der Waals surface area contributed by atoms with Crippen LogP contribution in [0, 0.1) is 13.8 Å². The molecule has 1 N–H and O–H groups in total. The van der Waals surface area contributed by atoms with E-state index in [9.17, 15) is 0 Å². The second kappa shape index (κ2) is 8.24. The van der Waals surface area contributed by atoms with E-state index < -0.39 is 0 Å². The van der Waals surface area contributed by atoms with Gasteiger partial charge in [-0.2, -0.15) is 0 Å². The summed E-state index contributed by atoms with van der Waals surface area (Å²) in [6.45, 7) is 11.0. The van der Waals surface area contributed by atoms with Gasteiger partial charge in [-0.15, -0.1) is 0 Å². The molecule has 1 fully saturated rings. The highest BCUT2D eigenvalue weighted by Crippen LogP contribution is 2.45. The van der Waals surface area contributed by atoms with Crippen LogP contribution in [-0.4, -0.2) is 22.7 Å². The average molecular weight is 469 g/mol. The quantitative estimate of drug-likeness (QED) is 0.443. The molecule has 174 valence electrons. The van der Waals surface area contributed by atoms with Crippen molar-refractivity contribution in [1.82, 2.24) is 10.3 Å². The van der Waals surface area contributed by atoms with Gasteiger partial charge in [0, 0.05) is 30.2 Å². The van der Waals surface area contributed by atoms with Gasteiger partial charge in [0.2, 0.25) is 0 Å². The van der Waals surface area contributed by atoms with E-state index in [1.807, 2.05) is 18.3 Å². The molecule has 0 aliphatic carbocycles. The van der Waals surface area contributed by atoms with Crippen molar-refractivity contribution in [2.75, 3.05) is 16.8 Å². The summed E-state index contributed by atoms with van der Waals surface area (Å²) in [4.78, 5) is 9.31. The van der Waals surface area contributed by atoms with Crippen LogP contribution in [0.15, 0.2) is 66.9 Å². The van der Waals surface area contributed by atoms with E-state index in [4.69, 9.17) is 17.2 Å². The Morgan fingerprint density at radius 2 is 1.76 bits per heavy atom. The third kappa shape index (κ3) is 3.68. The molecule has 5 rings (SSSR count). The van der Waals surface area contributed by atoms with Gasteiger partial charge in [-0.25, -0.2) is 0 Å². The molecule has 4 nitrogen and oxygen atoms in total. The van der Waals surface area contributed by atoms with Gasteiger partial charge < -0.3 is 15.1 Å². The Kier molecular flexibility index (Phi) is 5.48. The number of nitrogens with one attached hydrogen (secondary N) is 1. The molecule has 2 aliphatic heterocycles. The second-order valence-corrected chi connectivity index (χ2v) is 10.5. The fourth-order valence-corrected chi connectivity index (χ4v) is 5.55. The summed E-state index contributed by atoms with van der Waals surface area (Å²) in [5, 5.41) is 4.31. The van der Waals surface area contributed by atoms with E-state index in [-0.39, 0.29) is 17.6 Å². The number of hydrogen-bond acceptors (Lipinski definition) is 3. The van der Waals surface area contributed by atoms with Crippen molar-refractivity contribution in [1.29, 1.82) is 0 Å². The van der Waals surface area contributed by atoms with Crippen LogP contribution in [0.1, 0.15) is 60.8 Å². The molecule has 34 heavy (non-hydrogen) atoms. The lowest BCUT2D eigenvalue weighted by atomic mass is 9.86. The Balaban J connectivity index is 1.67. The maximum Gasteiger partial charge on any atom is 0.174 e. The van der Waals surface area contributed by atoms with Gasteiger partial charge in [-0.1, -0.05) is 24.3 Å². The lowest BCUT2D eigenvalue weighted by molar-refractivity contribution is 0.566. The first-order chi connectivity index (χ1) is 16.2. The van der Waals surface area contributed by atoms with Gasteiger partial charge in [-0.3, -0.25) is 4.98 Å². The Morgan fingerprint density at radius 3 is 2.47 bits per heavy atom. The predicted molar refractivity (Wildman–Crippen MR) is 146 cm³/mol. The number of allylic oxidation sites excluding steroid dienone is 1. The number of aromatic nitrogens is 1. The van der Waals surface area contributed by atoms with Crippen molar-refractivity contribution in [3.05, 3.63) is 94.8 Å². The van der Waals surface area contributed by atoms with Crippen LogP contribution in [0.3, 0.4) is 0 Å². The van der Waals surface area contributed by atoms with Crippen molar-refractivity contribution in [3.8, 4) is 0 Å². The monoisotopic (exact) mass is 468 g/mol. The lowest BCUT2D eigenvalue weighted by Crippen LogP contribution is -2.42. The zero-order chi connectivity index (χ0) is 24.2. The average Bonchev–Trinajstić information content (AvgIpc) is 3.16. The summed E-state index contributed by atoms with van der Waals surface area (Å²) in [6, 6.07) is 19.5. The number of aryl methyl sites for hydroxylation is 2. The van der Waals surface area contributed by atoms with Crippen molar-refractivity contribution in [2.45, 2.75) is 52.2 Å².